The van der Waals surface area contributed by atoms with Gasteiger partial charge in [0, 0.05) is 0 Å². The highest BCUT2D eigenvalue weighted by Crippen LogP contribution is 2.33. The van der Waals surface area contributed by atoms with Crippen LogP contribution in [-0.4, -0.2) is 56.8 Å². The smallest absolute Gasteiger partial charge is 0.313 e. The lowest BCUT2D eigenvalue weighted by molar-refractivity contribution is -0.746. The summed E-state index contributed by atoms with van der Waals surface area (Å²) in [5.41, 5.74) is 7.31. The van der Waals surface area contributed by atoms with Gasteiger partial charge in [-0.15, -0.1) is 0 Å². The molecule has 3 heterocycles. The highest BCUT2D eigenvalue weighted by atomic mass is 16.6. The van der Waals surface area contributed by atoms with Crippen molar-refractivity contribution in [2.45, 2.75) is 71.0 Å². The minimum atomic E-state index is -0.679. The van der Waals surface area contributed by atoms with Gasteiger partial charge in [-0.3, -0.25) is 14.3 Å². The van der Waals surface area contributed by atoms with Crippen LogP contribution >= 0.6 is 0 Å². The van der Waals surface area contributed by atoms with Crippen LogP contribution in [0.25, 0.3) is 11.2 Å². The Bertz CT molecular complexity index is 1140. The molecule has 0 aliphatic carbocycles. The number of nitrogens with two attached hydrogens (primary N) is 1. The van der Waals surface area contributed by atoms with Gasteiger partial charge in [0.05, 0.1) is 25.4 Å². The molecule has 33 heavy (non-hydrogen) atoms. The Balaban J connectivity index is 1.84. The van der Waals surface area contributed by atoms with Crippen molar-refractivity contribution in [1.29, 1.82) is 0 Å². The number of aromatic amines is 1. The zero-order valence-electron chi connectivity index (χ0n) is 19.3. The standard InChI is InChI=1S/C23H31N5O5/c1-13(2)31-18-16(11-29)33-22(19(18)32-14(3)4)28-12-27(10-15-8-6-5-7-9-15)17-20(28)25-23(24)26-21(17)30/h5-9,12-14,16,18-19,22,29H,10-11H2,1-4H3,(H2-,24,25,26,30)/p+1/t16-,18+,19?,22-/m1/s1. The Hall–Kier alpha value is -2.79. The summed E-state index contributed by atoms with van der Waals surface area (Å²) in [5, 5.41) is 10.0. The number of H-pyrrole nitrogens is 1. The minimum absolute atomic E-state index is 0.00623. The van der Waals surface area contributed by atoms with Crippen LogP contribution in [0, 0.1) is 0 Å². The van der Waals surface area contributed by atoms with Gasteiger partial charge in [-0.05, 0) is 33.3 Å². The second-order valence-corrected chi connectivity index (χ2v) is 8.81. The average Bonchev–Trinajstić information content (AvgIpc) is 3.26. The van der Waals surface area contributed by atoms with E-state index >= 15 is 0 Å². The maximum absolute atomic E-state index is 12.9. The van der Waals surface area contributed by atoms with Crippen LogP contribution in [0.2, 0.25) is 0 Å². The molecule has 1 aliphatic rings. The largest absolute Gasteiger partial charge is 0.394 e. The second kappa shape index (κ2) is 9.60. The predicted molar refractivity (Wildman–Crippen MR) is 122 cm³/mol. The van der Waals surface area contributed by atoms with E-state index in [4.69, 9.17) is 19.9 Å². The third-order valence-corrected chi connectivity index (χ3v) is 5.48. The fourth-order valence-electron chi connectivity index (χ4n) is 4.28. The van der Waals surface area contributed by atoms with Gasteiger partial charge in [0.2, 0.25) is 11.7 Å². The van der Waals surface area contributed by atoms with Gasteiger partial charge in [-0.25, -0.2) is 4.57 Å². The van der Waals surface area contributed by atoms with Crippen LogP contribution < -0.4 is 15.9 Å². The van der Waals surface area contributed by atoms with Crippen molar-refractivity contribution in [1.82, 2.24) is 14.5 Å². The highest BCUT2D eigenvalue weighted by Gasteiger charge is 2.50. The number of hydrogen-bond donors (Lipinski definition) is 3. The summed E-state index contributed by atoms with van der Waals surface area (Å²) in [5.74, 6) is 0.00623. The number of aliphatic hydroxyl groups is 1. The summed E-state index contributed by atoms with van der Waals surface area (Å²) in [6.45, 7) is 7.94. The number of benzene rings is 1. The van der Waals surface area contributed by atoms with E-state index in [0.29, 0.717) is 17.7 Å². The Labute approximate surface area is 191 Å². The average molecular weight is 459 g/mol. The van der Waals surface area contributed by atoms with Gasteiger partial charge >= 0.3 is 5.65 Å². The first-order valence-electron chi connectivity index (χ1n) is 11.2. The number of rotatable bonds is 8. The third-order valence-electron chi connectivity index (χ3n) is 5.48. The van der Waals surface area contributed by atoms with Crippen LogP contribution in [-0.2, 0) is 20.8 Å². The van der Waals surface area contributed by atoms with E-state index < -0.39 is 24.5 Å². The van der Waals surface area contributed by atoms with Gasteiger partial charge in [-0.2, -0.15) is 0 Å². The third kappa shape index (κ3) is 4.79. The summed E-state index contributed by atoms with van der Waals surface area (Å²) in [7, 11) is 0. The molecule has 0 amide bonds. The summed E-state index contributed by atoms with van der Waals surface area (Å²) in [4.78, 5) is 19.9. The molecule has 4 N–H and O–H groups in total. The van der Waals surface area contributed by atoms with E-state index in [9.17, 15) is 9.90 Å². The van der Waals surface area contributed by atoms with Crippen LogP contribution in [0.1, 0.15) is 39.5 Å². The molecule has 10 nitrogen and oxygen atoms in total. The molecule has 4 atom stereocenters. The molecule has 0 bridgehead atoms. The molecular weight excluding hydrogens is 426 g/mol. The number of nitrogens with one attached hydrogen (secondary N) is 1. The monoisotopic (exact) mass is 458 g/mol. The van der Waals surface area contributed by atoms with Gasteiger partial charge in [0.25, 0.3) is 11.5 Å². The number of nitrogens with zero attached hydrogens (tertiary/aromatic N) is 3. The Morgan fingerprint density at radius 3 is 2.48 bits per heavy atom. The molecule has 1 aliphatic heterocycles. The molecule has 1 unspecified atom stereocenters. The normalized spacial score (nSPS) is 23.2. The van der Waals surface area contributed by atoms with Crippen molar-refractivity contribution in [3.05, 3.63) is 52.6 Å². The Morgan fingerprint density at radius 1 is 1.18 bits per heavy atom. The van der Waals surface area contributed by atoms with E-state index in [1.54, 1.807) is 10.9 Å². The lowest BCUT2D eigenvalue weighted by Crippen LogP contribution is -2.49. The van der Waals surface area contributed by atoms with Gasteiger partial charge in [0.1, 0.15) is 18.3 Å². The number of anilines is 1. The molecule has 4 rings (SSSR count). The first-order chi connectivity index (χ1) is 15.8. The van der Waals surface area contributed by atoms with Crippen molar-refractivity contribution in [2.24, 2.45) is 0 Å². The maximum Gasteiger partial charge on any atom is 0.313 e. The Kier molecular flexibility index (Phi) is 6.80. The molecule has 0 saturated carbocycles. The lowest BCUT2D eigenvalue weighted by Gasteiger charge is -2.26. The number of hydrogen-bond acceptors (Lipinski definition) is 7. The molecule has 1 fully saturated rings. The van der Waals surface area contributed by atoms with Crippen molar-refractivity contribution < 1.29 is 23.9 Å². The topological polar surface area (TPSA) is 128 Å². The molecule has 1 aromatic carbocycles. The lowest BCUT2D eigenvalue weighted by atomic mass is 10.1. The Morgan fingerprint density at radius 2 is 1.85 bits per heavy atom. The van der Waals surface area contributed by atoms with Gasteiger partial charge in [0.15, 0.2) is 6.33 Å². The van der Waals surface area contributed by atoms with Gasteiger partial charge < -0.3 is 25.1 Å². The van der Waals surface area contributed by atoms with E-state index in [2.05, 4.69) is 9.97 Å². The first kappa shape index (κ1) is 23.4. The van der Waals surface area contributed by atoms with Crippen LogP contribution in [0.4, 0.5) is 5.95 Å². The molecule has 0 radical (unpaired) electrons. The summed E-state index contributed by atoms with van der Waals surface area (Å²) >= 11 is 0. The molecule has 0 spiro atoms. The number of aromatic nitrogens is 4. The highest BCUT2D eigenvalue weighted by molar-refractivity contribution is 5.67. The second-order valence-electron chi connectivity index (χ2n) is 8.81. The minimum Gasteiger partial charge on any atom is -0.394 e. The predicted octanol–water partition coefficient (Wildman–Crippen LogP) is 1.12. The number of ether oxygens (including phenoxy) is 3. The number of nitrogen functional groups attached to an aromatic ring is 1. The summed E-state index contributed by atoms with van der Waals surface area (Å²) < 4.78 is 22.1. The molecule has 3 aromatic rings. The summed E-state index contributed by atoms with van der Waals surface area (Å²) in [6.07, 6.45) is -0.731. The quantitative estimate of drug-likeness (QED) is 0.432. The molecular formula is C23H32N5O5+. The van der Waals surface area contributed by atoms with Crippen LogP contribution in [0.5, 0.6) is 0 Å². The fourth-order valence-corrected chi connectivity index (χ4v) is 4.28. The van der Waals surface area contributed by atoms with Crippen molar-refractivity contribution in [2.75, 3.05) is 12.3 Å². The molecule has 2 aromatic heterocycles. The summed E-state index contributed by atoms with van der Waals surface area (Å²) in [6, 6.07) is 9.81. The number of imidazole rings is 1. The van der Waals surface area contributed by atoms with Crippen molar-refractivity contribution in [3.8, 4) is 0 Å². The van der Waals surface area contributed by atoms with Crippen molar-refractivity contribution in [3.63, 3.8) is 0 Å². The van der Waals surface area contributed by atoms with Crippen LogP contribution in [0.15, 0.2) is 41.5 Å². The van der Waals surface area contributed by atoms with E-state index in [0.717, 1.165) is 5.56 Å². The SMILES string of the molecule is CC(C)OC1[C@@H](OC(C)C)[C@@H](CO)O[C@H]1[n+]1cn(Cc2ccccc2)c2c(=O)[nH]c(N)nc21. The van der Waals surface area contributed by atoms with Crippen LogP contribution in [0.3, 0.4) is 0 Å². The van der Waals surface area contributed by atoms with E-state index in [1.807, 2.05) is 62.6 Å². The van der Waals surface area contributed by atoms with E-state index in [1.165, 1.54) is 0 Å². The molecule has 178 valence electrons. The number of fused-ring (bicyclic) bond motifs is 1. The molecule has 1 saturated heterocycles. The fraction of sp³-hybridized carbons (Fsp3) is 0.522. The van der Waals surface area contributed by atoms with E-state index in [-0.39, 0.29) is 30.3 Å². The zero-order chi connectivity index (χ0) is 23.7. The molecule has 10 heteroatoms. The first-order valence-corrected chi connectivity index (χ1v) is 11.2. The maximum atomic E-state index is 12.9. The zero-order valence-corrected chi connectivity index (χ0v) is 19.3. The van der Waals surface area contributed by atoms with Crippen molar-refractivity contribution >= 4 is 17.1 Å². The number of aliphatic hydroxyl groups excluding tert-OH is 1. The van der Waals surface area contributed by atoms with Gasteiger partial charge in [-0.1, -0.05) is 35.3 Å².